The van der Waals surface area contributed by atoms with Crippen molar-refractivity contribution in [2.75, 3.05) is 11.5 Å². The number of benzene rings is 1. The smallest absolute Gasteiger partial charge is 0.0684 e. The molecule has 86 valence electrons. The van der Waals surface area contributed by atoms with Crippen molar-refractivity contribution in [3.63, 3.8) is 0 Å². The van der Waals surface area contributed by atoms with E-state index in [0.29, 0.717) is 0 Å². The van der Waals surface area contributed by atoms with Crippen molar-refractivity contribution in [2.45, 2.75) is 32.1 Å². The molecule has 0 heterocycles. The number of anilines is 1. The lowest BCUT2D eigenvalue weighted by Crippen LogP contribution is -2.08. The van der Waals surface area contributed by atoms with Gasteiger partial charge in [-0.25, -0.2) is 0 Å². The van der Waals surface area contributed by atoms with Gasteiger partial charge < -0.3 is 5.73 Å². The van der Waals surface area contributed by atoms with Crippen LogP contribution in [0.1, 0.15) is 25.8 Å². The molecule has 0 atom stereocenters. The van der Waals surface area contributed by atoms with Crippen molar-refractivity contribution in [1.29, 1.82) is 5.26 Å². The van der Waals surface area contributed by atoms with E-state index in [0.717, 1.165) is 22.8 Å². The highest BCUT2D eigenvalue weighted by Crippen LogP contribution is 2.29. The van der Waals surface area contributed by atoms with Gasteiger partial charge in [-0.05, 0) is 50.6 Å². The minimum absolute atomic E-state index is 0.244. The lowest BCUT2D eigenvalue weighted by Gasteiger charge is -2.14. The van der Waals surface area contributed by atoms with Crippen molar-refractivity contribution < 1.29 is 0 Å². The fourth-order valence-electron chi connectivity index (χ4n) is 1.24. The molecule has 2 nitrogen and oxygen atoms in total. The first-order valence-electron chi connectivity index (χ1n) is 5.35. The van der Waals surface area contributed by atoms with Crippen LogP contribution in [0, 0.1) is 23.7 Å². The molecule has 0 bridgehead atoms. The van der Waals surface area contributed by atoms with E-state index >= 15 is 0 Å². The number of aryl methyl sites for hydroxylation is 1. The topological polar surface area (TPSA) is 49.8 Å². The molecule has 0 saturated carbocycles. The van der Waals surface area contributed by atoms with E-state index in [1.165, 1.54) is 5.56 Å². The van der Waals surface area contributed by atoms with Gasteiger partial charge >= 0.3 is 0 Å². The van der Waals surface area contributed by atoms with Crippen LogP contribution in [0.15, 0.2) is 23.1 Å². The summed E-state index contributed by atoms with van der Waals surface area (Å²) in [6.45, 7) is 5.99. The summed E-state index contributed by atoms with van der Waals surface area (Å²) < 4.78 is 0. The van der Waals surface area contributed by atoms with Crippen LogP contribution in [0.3, 0.4) is 0 Å². The fourth-order valence-corrected chi connectivity index (χ4v) is 2.57. The number of hydrogen-bond donors (Lipinski definition) is 1. The van der Waals surface area contributed by atoms with E-state index in [9.17, 15) is 0 Å². The molecule has 0 aliphatic rings. The first-order valence-corrected chi connectivity index (χ1v) is 6.33. The van der Waals surface area contributed by atoms with E-state index < -0.39 is 0 Å². The first-order chi connectivity index (χ1) is 7.44. The molecule has 0 saturated heterocycles. The van der Waals surface area contributed by atoms with Crippen molar-refractivity contribution in [1.82, 2.24) is 0 Å². The minimum Gasteiger partial charge on any atom is -0.398 e. The molecule has 0 radical (unpaired) electrons. The number of hydrogen-bond acceptors (Lipinski definition) is 3. The van der Waals surface area contributed by atoms with Gasteiger partial charge in [0.15, 0.2) is 0 Å². The third-order valence-corrected chi connectivity index (χ3v) is 3.53. The van der Waals surface area contributed by atoms with E-state index in [-0.39, 0.29) is 5.41 Å². The Morgan fingerprint density at radius 1 is 1.44 bits per heavy atom. The minimum atomic E-state index is -0.244. The Bertz CT molecular complexity index is 405. The average Bonchev–Trinajstić information content (AvgIpc) is 2.23. The highest BCUT2D eigenvalue weighted by Gasteiger charge is 2.16. The van der Waals surface area contributed by atoms with Crippen LogP contribution in [0.5, 0.6) is 0 Å². The lowest BCUT2D eigenvalue weighted by atomic mass is 9.93. The van der Waals surface area contributed by atoms with Gasteiger partial charge in [0.2, 0.25) is 0 Å². The monoisotopic (exact) mass is 234 g/mol. The average molecular weight is 234 g/mol. The summed E-state index contributed by atoms with van der Waals surface area (Å²) in [5, 5.41) is 8.91. The van der Waals surface area contributed by atoms with E-state index in [1.807, 2.05) is 26.0 Å². The van der Waals surface area contributed by atoms with Gasteiger partial charge in [-0.2, -0.15) is 5.26 Å². The number of thioether (sulfide) groups is 1. The van der Waals surface area contributed by atoms with E-state index in [1.54, 1.807) is 11.8 Å². The molecular weight excluding hydrogens is 216 g/mol. The number of nitrogen functional groups attached to an aromatic ring is 1. The summed E-state index contributed by atoms with van der Waals surface area (Å²) in [6, 6.07) is 8.36. The summed E-state index contributed by atoms with van der Waals surface area (Å²) in [5.74, 6) is 0.925. The molecule has 0 aromatic heterocycles. The number of nitrogens with zero attached hydrogens (tertiary/aromatic N) is 1. The van der Waals surface area contributed by atoms with Gasteiger partial charge in [-0.15, -0.1) is 11.8 Å². The summed E-state index contributed by atoms with van der Waals surface area (Å²) >= 11 is 1.73. The first kappa shape index (κ1) is 12.9. The molecule has 1 aromatic carbocycles. The van der Waals surface area contributed by atoms with Crippen LogP contribution < -0.4 is 5.73 Å². The van der Waals surface area contributed by atoms with Crippen LogP contribution in [0.2, 0.25) is 0 Å². The Kier molecular flexibility index (Phi) is 4.26. The Morgan fingerprint density at radius 2 is 2.12 bits per heavy atom. The molecule has 0 aliphatic heterocycles. The summed E-state index contributed by atoms with van der Waals surface area (Å²) in [7, 11) is 0. The zero-order valence-corrected chi connectivity index (χ0v) is 10.9. The van der Waals surface area contributed by atoms with Crippen molar-refractivity contribution in [3.05, 3.63) is 23.8 Å². The van der Waals surface area contributed by atoms with Gasteiger partial charge in [-0.3, -0.25) is 0 Å². The molecule has 1 aromatic rings. The second-order valence-electron chi connectivity index (χ2n) is 4.64. The number of nitrogens with two attached hydrogens (primary N) is 1. The predicted octanol–water partition coefficient (Wildman–Crippen LogP) is 3.61. The SMILES string of the molecule is Cc1ccc(N)c(SCCC(C)(C)C#N)c1. The molecule has 2 N–H and O–H groups in total. The lowest BCUT2D eigenvalue weighted by molar-refractivity contribution is 0.482. The van der Waals surface area contributed by atoms with Crippen molar-refractivity contribution in [3.8, 4) is 6.07 Å². The standard InChI is InChI=1S/C13H18N2S/c1-10-4-5-11(15)12(8-10)16-7-6-13(2,3)9-14/h4-5,8H,6-7,15H2,1-3H3. The molecule has 3 heteroatoms. The summed E-state index contributed by atoms with van der Waals surface area (Å²) in [6.07, 6.45) is 0.877. The van der Waals surface area contributed by atoms with Crippen LogP contribution in [0.4, 0.5) is 5.69 Å². The normalized spacial score (nSPS) is 11.1. The van der Waals surface area contributed by atoms with Crippen LogP contribution in [-0.2, 0) is 0 Å². The van der Waals surface area contributed by atoms with Crippen LogP contribution in [-0.4, -0.2) is 5.75 Å². The van der Waals surface area contributed by atoms with E-state index in [4.69, 9.17) is 11.0 Å². The molecule has 0 aliphatic carbocycles. The molecule has 1 rings (SSSR count). The van der Waals surface area contributed by atoms with Crippen molar-refractivity contribution in [2.24, 2.45) is 5.41 Å². The Morgan fingerprint density at radius 3 is 2.75 bits per heavy atom. The molecule has 16 heavy (non-hydrogen) atoms. The maximum Gasteiger partial charge on any atom is 0.0684 e. The molecule has 0 amide bonds. The highest BCUT2D eigenvalue weighted by molar-refractivity contribution is 7.99. The van der Waals surface area contributed by atoms with Gasteiger partial charge in [0.05, 0.1) is 11.5 Å². The predicted molar refractivity (Wildman–Crippen MR) is 70.3 cm³/mol. The van der Waals surface area contributed by atoms with Gasteiger partial charge in [0.25, 0.3) is 0 Å². The van der Waals surface area contributed by atoms with Gasteiger partial charge in [0, 0.05) is 10.6 Å². The largest absolute Gasteiger partial charge is 0.398 e. The Labute approximate surface area is 102 Å². The summed E-state index contributed by atoms with van der Waals surface area (Å²) in [5.41, 5.74) is 7.68. The Balaban J connectivity index is 2.56. The fraction of sp³-hybridized carbons (Fsp3) is 0.462. The number of rotatable bonds is 4. The summed E-state index contributed by atoms with van der Waals surface area (Å²) in [4.78, 5) is 1.12. The molecule has 0 spiro atoms. The molecule has 0 unspecified atom stereocenters. The van der Waals surface area contributed by atoms with Crippen LogP contribution in [0.25, 0.3) is 0 Å². The third kappa shape index (κ3) is 3.79. The maximum absolute atomic E-state index is 8.91. The maximum atomic E-state index is 8.91. The third-order valence-electron chi connectivity index (χ3n) is 2.46. The number of nitriles is 1. The van der Waals surface area contributed by atoms with E-state index in [2.05, 4.69) is 19.1 Å². The second-order valence-corrected chi connectivity index (χ2v) is 5.77. The zero-order valence-electron chi connectivity index (χ0n) is 10.1. The zero-order chi connectivity index (χ0) is 12.2. The molecular formula is C13H18N2S. The van der Waals surface area contributed by atoms with Crippen LogP contribution >= 0.6 is 11.8 Å². The quantitative estimate of drug-likeness (QED) is 0.639. The van der Waals surface area contributed by atoms with Crippen molar-refractivity contribution >= 4 is 17.4 Å². The van der Waals surface area contributed by atoms with Gasteiger partial charge in [0.1, 0.15) is 0 Å². The Hall–Kier alpha value is -1.14. The van der Waals surface area contributed by atoms with Gasteiger partial charge in [-0.1, -0.05) is 6.07 Å². The molecule has 0 fully saturated rings. The highest BCUT2D eigenvalue weighted by atomic mass is 32.2. The second kappa shape index (κ2) is 5.27.